The van der Waals surface area contributed by atoms with Gasteiger partial charge in [-0.25, -0.2) is 13.1 Å². The molecule has 0 unspecified atom stereocenters. The molecule has 1 fully saturated rings. The molecule has 1 aromatic heterocycles. The minimum Gasteiger partial charge on any atom is -0.210 e. The molecule has 0 atom stereocenters. The molecule has 3 aromatic rings. The van der Waals surface area contributed by atoms with Crippen LogP contribution < -0.4 is 4.72 Å². The van der Waals surface area contributed by atoms with Gasteiger partial charge in [0.15, 0.2) is 0 Å². The first kappa shape index (κ1) is 14.9. The Bertz CT molecular complexity index is 937. The molecule has 118 valence electrons. The number of hydrogen-bond donors (Lipinski definition) is 1. The standard InChI is InChI=1S/C18H17NO2S2/c20-23(21,17-7-3-5-14-4-1-2-6-16(14)17)19-13-18(9-10-18)15-8-11-22-12-15/h1-8,11-12,19H,9-10,13H2. The van der Waals surface area contributed by atoms with Crippen LogP contribution in [0.1, 0.15) is 18.4 Å². The Morgan fingerprint density at radius 3 is 2.57 bits per heavy atom. The van der Waals surface area contributed by atoms with Crippen molar-refractivity contribution in [2.24, 2.45) is 0 Å². The van der Waals surface area contributed by atoms with E-state index in [9.17, 15) is 8.42 Å². The van der Waals surface area contributed by atoms with Gasteiger partial charge in [-0.05, 0) is 46.7 Å². The van der Waals surface area contributed by atoms with Crippen molar-refractivity contribution in [2.75, 3.05) is 6.54 Å². The van der Waals surface area contributed by atoms with Gasteiger partial charge in [-0.2, -0.15) is 11.3 Å². The number of benzene rings is 2. The molecule has 2 aromatic carbocycles. The number of nitrogens with one attached hydrogen (secondary N) is 1. The molecule has 1 N–H and O–H groups in total. The van der Waals surface area contributed by atoms with Gasteiger partial charge in [-0.3, -0.25) is 0 Å². The van der Waals surface area contributed by atoms with E-state index < -0.39 is 10.0 Å². The van der Waals surface area contributed by atoms with Crippen molar-refractivity contribution in [1.29, 1.82) is 0 Å². The average molecular weight is 343 g/mol. The highest BCUT2D eigenvalue weighted by atomic mass is 32.2. The van der Waals surface area contributed by atoms with Crippen LogP contribution in [0.3, 0.4) is 0 Å². The molecular formula is C18H17NO2S2. The Balaban J connectivity index is 1.63. The van der Waals surface area contributed by atoms with Gasteiger partial charge >= 0.3 is 0 Å². The molecule has 5 heteroatoms. The summed E-state index contributed by atoms with van der Waals surface area (Å²) in [7, 11) is -3.52. The number of fused-ring (bicyclic) bond motifs is 1. The second kappa shape index (κ2) is 5.44. The van der Waals surface area contributed by atoms with Crippen LogP contribution >= 0.6 is 11.3 Å². The molecule has 4 rings (SSSR count). The predicted octanol–water partition coefficient (Wildman–Crippen LogP) is 3.91. The van der Waals surface area contributed by atoms with Gasteiger partial charge in [0.25, 0.3) is 0 Å². The van der Waals surface area contributed by atoms with Crippen LogP contribution in [0.15, 0.2) is 64.2 Å². The summed E-state index contributed by atoms with van der Waals surface area (Å²) in [5.74, 6) is 0. The molecule has 1 saturated carbocycles. The Labute approximate surface area is 140 Å². The molecule has 0 aliphatic heterocycles. The van der Waals surface area contributed by atoms with Crippen LogP contribution in [0.2, 0.25) is 0 Å². The third kappa shape index (κ3) is 2.69. The molecule has 3 nitrogen and oxygen atoms in total. The fourth-order valence-corrected chi connectivity index (χ4v) is 5.16. The minimum atomic E-state index is -3.52. The molecule has 0 spiro atoms. The maximum absolute atomic E-state index is 12.8. The van der Waals surface area contributed by atoms with Crippen molar-refractivity contribution in [3.05, 3.63) is 64.9 Å². The van der Waals surface area contributed by atoms with Gasteiger partial charge in [0.1, 0.15) is 0 Å². The van der Waals surface area contributed by atoms with Crippen molar-refractivity contribution in [1.82, 2.24) is 4.72 Å². The molecule has 0 saturated heterocycles. The molecular weight excluding hydrogens is 326 g/mol. The Morgan fingerprint density at radius 1 is 1.04 bits per heavy atom. The minimum absolute atomic E-state index is 0.00233. The van der Waals surface area contributed by atoms with Gasteiger partial charge in [-0.1, -0.05) is 36.4 Å². The first-order valence-electron chi connectivity index (χ1n) is 7.61. The zero-order valence-corrected chi connectivity index (χ0v) is 14.2. The summed E-state index contributed by atoms with van der Waals surface area (Å²) in [6, 6.07) is 15.1. The number of rotatable bonds is 5. The number of hydrogen-bond acceptors (Lipinski definition) is 3. The SMILES string of the molecule is O=S(=O)(NCC1(c2ccsc2)CC1)c1cccc2ccccc12. The van der Waals surface area contributed by atoms with Crippen molar-refractivity contribution < 1.29 is 8.42 Å². The van der Waals surface area contributed by atoms with Crippen LogP contribution in [0, 0.1) is 0 Å². The lowest BCUT2D eigenvalue weighted by Gasteiger charge is -2.16. The lowest BCUT2D eigenvalue weighted by molar-refractivity contribution is 0.568. The predicted molar refractivity (Wildman–Crippen MR) is 94.4 cm³/mol. The highest BCUT2D eigenvalue weighted by molar-refractivity contribution is 7.89. The normalized spacial score (nSPS) is 16.5. The van der Waals surface area contributed by atoms with Crippen LogP contribution in [0.5, 0.6) is 0 Å². The molecule has 0 bridgehead atoms. The summed E-state index contributed by atoms with van der Waals surface area (Å²) in [6.07, 6.45) is 2.09. The van der Waals surface area contributed by atoms with E-state index in [1.807, 2.05) is 30.3 Å². The Kier molecular flexibility index (Phi) is 3.52. The summed E-state index contributed by atoms with van der Waals surface area (Å²) < 4.78 is 28.4. The molecule has 1 aliphatic rings. The summed E-state index contributed by atoms with van der Waals surface area (Å²) in [6.45, 7) is 0.468. The van der Waals surface area contributed by atoms with E-state index >= 15 is 0 Å². The van der Waals surface area contributed by atoms with Crippen LogP contribution in [0.4, 0.5) is 0 Å². The maximum Gasteiger partial charge on any atom is 0.241 e. The van der Waals surface area contributed by atoms with Crippen LogP contribution in [-0.4, -0.2) is 15.0 Å². The van der Waals surface area contributed by atoms with E-state index in [0.29, 0.717) is 11.4 Å². The lowest BCUT2D eigenvalue weighted by Crippen LogP contribution is -2.32. The molecule has 1 heterocycles. The molecule has 23 heavy (non-hydrogen) atoms. The lowest BCUT2D eigenvalue weighted by atomic mass is 10.0. The average Bonchev–Trinajstić information content (AvgIpc) is 3.16. The third-order valence-corrected chi connectivity index (χ3v) is 6.77. The molecule has 1 aliphatic carbocycles. The third-order valence-electron chi connectivity index (χ3n) is 4.63. The topological polar surface area (TPSA) is 46.2 Å². The highest BCUT2D eigenvalue weighted by Crippen LogP contribution is 2.48. The van der Waals surface area contributed by atoms with Gasteiger partial charge < -0.3 is 0 Å². The Morgan fingerprint density at radius 2 is 1.83 bits per heavy atom. The van der Waals surface area contributed by atoms with E-state index in [4.69, 9.17) is 0 Å². The van der Waals surface area contributed by atoms with Crippen molar-refractivity contribution >= 4 is 32.1 Å². The first-order chi connectivity index (χ1) is 11.1. The quantitative estimate of drug-likeness (QED) is 0.763. The summed E-state index contributed by atoms with van der Waals surface area (Å²) in [4.78, 5) is 0.358. The second-order valence-electron chi connectivity index (χ2n) is 6.09. The first-order valence-corrected chi connectivity index (χ1v) is 10.0. The zero-order chi connectivity index (χ0) is 15.9. The fraction of sp³-hybridized carbons (Fsp3) is 0.222. The van der Waals surface area contributed by atoms with Gasteiger partial charge in [-0.15, -0.1) is 0 Å². The van der Waals surface area contributed by atoms with E-state index in [1.54, 1.807) is 23.5 Å². The molecule has 0 radical (unpaired) electrons. The van der Waals surface area contributed by atoms with Gasteiger partial charge in [0, 0.05) is 17.3 Å². The van der Waals surface area contributed by atoms with Crippen LogP contribution in [0.25, 0.3) is 10.8 Å². The van der Waals surface area contributed by atoms with Gasteiger partial charge in [0.2, 0.25) is 10.0 Å². The number of thiophene rings is 1. The second-order valence-corrected chi connectivity index (χ2v) is 8.61. The summed E-state index contributed by atoms with van der Waals surface area (Å²) in [5, 5.41) is 5.88. The Hall–Kier alpha value is -1.69. The van der Waals surface area contributed by atoms with Crippen LogP contribution in [-0.2, 0) is 15.4 Å². The highest BCUT2D eigenvalue weighted by Gasteiger charge is 2.45. The maximum atomic E-state index is 12.8. The van der Waals surface area contributed by atoms with Crippen molar-refractivity contribution in [3.63, 3.8) is 0 Å². The fourth-order valence-electron chi connectivity index (χ4n) is 3.03. The van der Waals surface area contributed by atoms with E-state index in [0.717, 1.165) is 23.6 Å². The smallest absolute Gasteiger partial charge is 0.210 e. The number of sulfonamides is 1. The van der Waals surface area contributed by atoms with E-state index in [2.05, 4.69) is 21.5 Å². The van der Waals surface area contributed by atoms with Crippen molar-refractivity contribution in [2.45, 2.75) is 23.2 Å². The largest absolute Gasteiger partial charge is 0.241 e. The van der Waals surface area contributed by atoms with E-state index in [-0.39, 0.29) is 5.41 Å². The van der Waals surface area contributed by atoms with E-state index in [1.165, 1.54) is 5.56 Å². The zero-order valence-electron chi connectivity index (χ0n) is 12.5. The monoisotopic (exact) mass is 343 g/mol. The van der Waals surface area contributed by atoms with Crippen molar-refractivity contribution in [3.8, 4) is 0 Å². The summed E-state index contributed by atoms with van der Waals surface area (Å²) in [5.41, 5.74) is 1.25. The van der Waals surface area contributed by atoms with Gasteiger partial charge in [0.05, 0.1) is 4.90 Å². The summed E-state index contributed by atoms with van der Waals surface area (Å²) >= 11 is 1.66. The molecule has 0 amide bonds.